The minimum absolute atomic E-state index is 0.312. The number of hydrogen-bond donors (Lipinski definition) is 0. The monoisotopic (exact) mass is 272 g/mol. The largest absolute Gasteiger partial charge is 0.503 e. The first-order valence-electron chi connectivity index (χ1n) is 6.86. The fraction of sp³-hybridized carbons (Fsp3) is 0.714. The van der Waals surface area contributed by atoms with Crippen LogP contribution in [0.2, 0.25) is 5.54 Å². The van der Waals surface area contributed by atoms with Gasteiger partial charge in [0.05, 0.1) is 0 Å². The fourth-order valence-corrected chi connectivity index (χ4v) is 4.70. The minimum atomic E-state index is -2.52. The van der Waals surface area contributed by atoms with Gasteiger partial charge in [-0.1, -0.05) is 31.7 Å². The van der Waals surface area contributed by atoms with Crippen LogP contribution >= 0.6 is 0 Å². The zero-order chi connectivity index (χ0) is 13.9. The lowest BCUT2D eigenvalue weighted by molar-refractivity contribution is 0.0616. The Kier molecular flexibility index (Phi) is 10.2. The molecule has 0 aliphatic heterocycles. The van der Waals surface area contributed by atoms with Crippen LogP contribution in [0.5, 0.6) is 0 Å². The average molecular weight is 272 g/mol. The van der Waals surface area contributed by atoms with Crippen molar-refractivity contribution in [1.29, 1.82) is 0 Å². The maximum atomic E-state index is 5.88. The predicted octanol–water partition coefficient (Wildman–Crippen LogP) is 3.95. The summed E-state index contributed by atoms with van der Waals surface area (Å²) in [5, 5.41) is 0. The van der Waals surface area contributed by atoms with E-state index in [1.807, 2.05) is 26.8 Å². The lowest BCUT2D eigenvalue weighted by Crippen LogP contribution is -2.49. The molecule has 106 valence electrons. The van der Waals surface area contributed by atoms with Gasteiger partial charge in [-0.3, -0.25) is 0 Å². The molecule has 0 spiro atoms. The summed E-state index contributed by atoms with van der Waals surface area (Å²) in [7, 11) is -2.52. The molecule has 0 aromatic rings. The van der Waals surface area contributed by atoms with Gasteiger partial charge in [0.1, 0.15) is 0 Å². The van der Waals surface area contributed by atoms with Crippen molar-refractivity contribution in [3.05, 3.63) is 24.8 Å². The molecule has 0 aliphatic carbocycles. The van der Waals surface area contributed by atoms with E-state index in [0.717, 1.165) is 12.8 Å². The molecule has 0 saturated carbocycles. The Morgan fingerprint density at radius 2 is 1.56 bits per heavy atom. The van der Waals surface area contributed by atoms with E-state index in [-0.39, 0.29) is 0 Å². The van der Waals surface area contributed by atoms with E-state index in [4.69, 9.17) is 13.3 Å². The average Bonchev–Trinajstić information content (AvgIpc) is 2.35. The van der Waals surface area contributed by atoms with Crippen molar-refractivity contribution in [1.82, 2.24) is 0 Å². The molecule has 1 unspecified atom stereocenters. The van der Waals surface area contributed by atoms with Crippen LogP contribution < -0.4 is 0 Å². The van der Waals surface area contributed by atoms with E-state index < -0.39 is 8.80 Å². The summed E-state index contributed by atoms with van der Waals surface area (Å²) in [5.41, 5.74) is 0.312. The molecular formula is C14H28O3Si. The third-order valence-electron chi connectivity index (χ3n) is 2.68. The standard InChI is InChI=1S/C14H28O3Si/c1-6-10-11-12-13-14(5)18(15-7-2,16-8-3)17-9-4/h6,10-11,14H,1,7-9,12-13H2,2-5H3. The molecule has 0 aromatic carbocycles. The molecule has 1 atom stereocenters. The van der Waals surface area contributed by atoms with Crippen LogP contribution in [0.4, 0.5) is 0 Å². The molecule has 0 fully saturated rings. The van der Waals surface area contributed by atoms with Gasteiger partial charge in [0.2, 0.25) is 0 Å². The lowest BCUT2D eigenvalue weighted by atomic mass is 10.2. The van der Waals surface area contributed by atoms with Gasteiger partial charge in [0, 0.05) is 25.4 Å². The van der Waals surface area contributed by atoms with Crippen LogP contribution in [0.15, 0.2) is 24.8 Å². The third kappa shape index (κ3) is 5.95. The first-order chi connectivity index (χ1) is 8.66. The van der Waals surface area contributed by atoms with Crippen molar-refractivity contribution in [3.8, 4) is 0 Å². The molecule has 0 saturated heterocycles. The van der Waals surface area contributed by atoms with Gasteiger partial charge >= 0.3 is 8.80 Å². The van der Waals surface area contributed by atoms with Crippen molar-refractivity contribution in [2.75, 3.05) is 19.8 Å². The van der Waals surface area contributed by atoms with E-state index in [2.05, 4.69) is 19.6 Å². The highest BCUT2D eigenvalue weighted by Crippen LogP contribution is 2.30. The highest BCUT2D eigenvalue weighted by atomic mass is 28.4. The molecule has 0 N–H and O–H groups in total. The summed E-state index contributed by atoms with van der Waals surface area (Å²) < 4.78 is 17.6. The van der Waals surface area contributed by atoms with Gasteiger partial charge in [-0.2, -0.15) is 0 Å². The molecule has 0 aliphatic rings. The van der Waals surface area contributed by atoms with Crippen LogP contribution in [-0.2, 0) is 13.3 Å². The minimum Gasteiger partial charge on any atom is -0.374 e. The van der Waals surface area contributed by atoms with Crippen LogP contribution in [0, 0.1) is 0 Å². The summed E-state index contributed by atoms with van der Waals surface area (Å²) in [6.45, 7) is 13.7. The topological polar surface area (TPSA) is 27.7 Å². The van der Waals surface area contributed by atoms with Gasteiger partial charge in [-0.05, 0) is 33.6 Å². The van der Waals surface area contributed by atoms with E-state index in [1.54, 1.807) is 6.08 Å². The molecule has 0 aromatic heterocycles. The van der Waals surface area contributed by atoms with Gasteiger partial charge in [0.25, 0.3) is 0 Å². The Morgan fingerprint density at radius 3 is 1.94 bits per heavy atom. The Balaban J connectivity index is 4.57. The van der Waals surface area contributed by atoms with E-state index >= 15 is 0 Å². The molecule has 4 heteroatoms. The van der Waals surface area contributed by atoms with Crippen LogP contribution in [0.25, 0.3) is 0 Å². The molecule has 0 heterocycles. The van der Waals surface area contributed by atoms with Crippen molar-refractivity contribution in [3.63, 3.8) is 0 Å². The van der Waals surface area contributed by atoms with Crippen LogP contribution in [0.3, 0.4) is 0 Å². The summed E-state index contributed by atoms with van der Waals surface area (Å²) in [5.74, 6) is 0. The van der Waals surface area contributed by atoms with E-state index in [1.165, 1.54) is 0 Å². The van der Waals surface area contributed by atoms with Crippen molar-refractivity contribution < 1.29 is 13.3 Å². The predicted molar refractivity (Wildman–Crippen MR) is 78.6 cm³/mol. The molecular weight excluding hydrogens is 244 g/mol. The quantitative estimate of drug-likeness (QED) is 0.421. The zero-order valence-electron chi connectivity index (χ0n) is 12.3. The summed E-state index contributed by atoms with van der Waals surface area (Å²) in [6, 6.07) is 0. The molecule has 0 rings (SSSR count). The highest BCUT2D eigenvalue weighted by Gasteiger charge is 2.46. The van der Waals surface area contributed by atoms with E-state index in [0.29, 0.717) is 25.4 Å². The lowest BCUT2D eigenvalue weighted by Gasteiger charge is -2.33. The first kappa shape index (κ1) is 17.6. The Hall–Kier alpha value is -0.423. The van der Waals surface area contributed by atoms with Crippen molar-refractivity contribution >= 4 is 8.80 Å². The molecule has 0 amide bonds. The van der Waals surface area contributed by atoms with Crippen LogP contribution in [-0.4, -0.2) is 28.6 Å². The third-order valence-corrected chi connectivity index (χ3v) is 6.25. The second-order valence-electron chi connectivity index (χ2n) is 4.04. The summed E-state index contributed by atoms with van der Waals surface area (Å²) in [4.78, 5) is 0. The second kappa shape index (κ2) is 10.5. The Labute approximate surface area is 113 Å². The van der Waals surface area contributed by atoms with Gasteiger partial charge in [0.15, 0.2) is 0 Å². The normalized spacial score (nSPS) is 14.0. The van der Waals surface area contributed by atoms with Crippen LogP contribution in [0.1, 0.15) is 40.5 Å². The molecule has 18 heavy (non-hydrogen) atoms. The smallest absolute Gasteiger partial charge is 0.374 e. The summed E-state index contributed by atoms with van der Waals surface area (Å²) in [6.07, 6.45) is 7.89. The Bertz CT molecular complexity index is 224. The SMILES string of the molecule is C=CC=CCCC(C)[Si](OCC)(OCC)OCC. The number of hydrogen-bond acceptors (Lipinski definition) is 3. The Morgan fingerprint density at radius 1 is 1.06 bits per heavy atom. The molecule has 3 nitrogen and oxygen atoms in total. The van der Waals surface area contributed by atoms with Crippen molar-refractivity contribution in [2.45, 2.75) is 46.1 Å². The maximum absolute atomic E-state index is 5.88. The second-order valence-corrected chi connectivity index (χ2v) is 7.10. The molecule has 0 radical (unpaired) electrons. The van der Waals surface area contributed by atoms with E-state index in [9.17, 15) is 0 Å². The van der Waals surface area contributed by atoms with Gasteiger partial charge < -0.3 is 13.3 Å². The summed E-state index contributed by atoms with van der Waals surface area (Å²) >= 11 is 0. The highest BCUT2D eigenvalue weighted by molar-refractivity contribution is 6.62. The zero-order valence-corrected chi connectivity index (χ0v) is 13.3. The number of allylic oxidation sites excluding steroid dienone is 3. The fourth-order valence-electron chi connectivity index (χ4n) is 1.87. The first-order valence-corrected chi connectivity index (χ1v) is 8.66. The maximum Gasteiger partial charge on any atom is 0.503 e. The van der Waals surface area contributed by atoms with Gasteiger partial charge in [-0.15, -0.1) is 0 Å². The van der Waals surface area contributed by atoms with Crippen molar-refractivity contribution in [2.24, 2.45) is 0 Å². The van der Waals surface area contributed by atoms with Gasteiger partial charge in [-0.25, -0.2) is 0 Å². The molecule has 0 bridgehead atoms. The number of rotatable bonds is 11.